The van der Waals surface area contributed by atoms with Gasteiger partial charge in [-0.1, -0.05) is 12.1 Å². The van der Waals surface area contributed by atoms with Gasteiger partial charge in [-0.2, -0.15) is 5.10 Å². The van der Waals surface area contributed by atoms with Gasteiger partial charge >= 0.3 is 0 Å². The Morgan fingerprint density at radius 1 is 1.27 bits per heavy atom. The zero-order valence-corrected chi connectivity index (χ0v) is 15.1. The van der Waals surface area contributed by atoms with Gasteiger partial charge in [-0.25, -0.2) is 0 Å². The number of hydrogen-bond acceptors (Lipinski definition) is 4. The smallest absolute Gasteiger partial charge is 0.255 e. The Balaban J connectivity index is 1.43. The van der Waals surface area contributed by atoms with Crippen LogP contribution in [0, 0.1) is 5.92 Å². The van der Waals surface area contributed by atoms with Gasteiger partial charge in [0.1, 0.15) is 11.3 Å². The lowest BCUT2D eigenvalue weighted by Gasteiger charge is -2.17. The van der Waals surface area contributed by atoms with Crippen molar-refractivity contribution in [2.45, 2.75) is 12.8 Å². The molecule has 26 heavy (non-hydrogen) atoms. The molecular weight excluding hydrogens is 328 g/mol. The van der Waals surface area contributed by atoms with Crippen LogP contribution in [0.3, 0.4) is 0 Å². The van der Waals surface area contributed by atoms with E-state index in [2.05, 4.69) is 22.2 Å². The number of amides is 1. The van der Waals surface area contributed by atoms with E-state index in [1.807, 2.05) is 30.1 Å². The van der Waals surface area contributed by atoms with Gasteiger partial charge in [-0.3, -0.25) is 14.5 Å². The SMILES string of the molecule is COc1ccc(CC2CCN(C(=O)c3cnc4cnn(C)c4c3)C2)cc1. The molecule has 1 aromatic carbocycles. The second-order valence-electron chi connectivity index (χ2n) is 6.85. The van der Waals surface area contributed by atoms with Crippen LogP contribution in [-0.4, -0.2) is 45.8 Å². The van der Waals surface area contributed by atoms with Gasteiger partial charge in [0.15, 0.2) is 0 Å². The average molecular weight is 350 g/mol. The lowest BCUT2D eigenvalue weighted by atomic mass is 9.99. The molecule has 1 unspecified atom stereocenters. The van der Waals surface area contributed by atoms with Crippen LogP contribution in [0.4, 0.5) is 0 Å². The van der Waals surface area contributed by atoms with Gasteiger partial charge in [-0.05, 0) is 42.5 Å². The highest BCUT2D eigenvalue weighted by molar-refractivity contribution is 5.96. The van der Waals surface area contributed by atoms with Gasteiger partial charge in [0.25, 0.3) is 5.91 Å². The first-order chi connectivity index (χ1) is 12.6. The number of hydrogen-bond donors (Lipinski definition) is 0. The Hall–Kier alpha value is -2.89. The molecule has 0 radical (unpaired) electrons. The third-order valence-corrected chi connectivity index (χ3v) is 5.10. The summed E-state index contributed by atoms with van der Waals surface area (Å²) in [7, 11) is 3.53. The van der Waals surface area contributed by atoms with Crippen LogP contribution < -0.4 is 4.74 Å². The number of methoxy groups -OCH3 is 1. The van der Waals surface area contributed by atoms with E-state index in [1.54, 1.807) is 24.2 Å². The Bertz CT molecular complexity index is 933. The van der Waals surface area contributed by atoms with Crippen molar-refractivity contribution in [3.63, 3.8) is 0 Å². The second-order valence-corrected chi connectivity index (χ2v) is 6.85. The first-order valence-electron chi connectivity index (χ1n) is 8.84. The second kappa shape index (κ2) is 6.78. The molecule has 0 bridgehead atoms. The fourth-order valence-corrected chi connectivity index (χ4v) is 3.60. The summed E-state index contributed by atoms with van der Waals surface area (Å²) >= 11 is 0. The predicted octanol–water partition coefficient (Wildman–Crippen LogP) is 2.68. The molecule has 0 aliphatic carbocycles. The molecule has 1 saturated heterocycles. The van der Waals surface area contributed by atoms with Gasteiger partial charge < -0.3 is 9.64 Å². The summed E-state index contributed by atoms with van der Waals surface area (Å²) in [6, 6.07) is 10.1. The minimum Gasteiger partial charge on any atom is -0.497 e. The standard InChI is InChI=1S/C20H22N4O2/c1-23-19-10-16(11-21-18(19)12-22-23)20(25)24-8-7-15(13-24)9-14-3-5-17(26-2)6-4-14/h3-6,10-12,15H,7-9,13H2,1-2H3. The van der Waals surface area contributed by atoms with Crippen molar-refractivity contribution in [3.05, 3.63) is 53.9 Å². The molecule has 1 aliphatic heterocycles. The van der Waals surface area contributed by atoms with Crippen molar-refractivity contribution in [2.24, 2.45) is 13.0 Å². The van der Waals surface area contributed by atoms with E-state index in [1.165, 1.54) is 5.56 Å². The molecule has 1 amide bonds. The van der Waals surface area contributed by atoms with Crippen LogP contribution in [-0.2, 0) is 13.5 Å². The van der Waals surface area contributed by atoms with Crippen LogP contribution in [0.2, 0.25) is 0 Å². The summed E-state index contributed by atoms with van der Waals surface area (Å²) in [6.45, 7) is 1.58. The van der Waals surface area contributed by atoms with E-state index in [0.717, 1.165) is 42.7 Å². The highest BCUT2D eigenvalue weighted by Crippen LogP contribution is 2.24. The normalized spacial score (nSPS) is 17.0. The van der Waals surface area contributed by atoms with Gasteiger partial charge in [0.2, 0.25) is 0 Å². The van der Waals surface area contributed by atoms with E-state index in [9.17, 15) is 4.79 Å². The predicted molar refractivity (Wildman–Crippen MR) is 99.2 cm³/mol. The zero-order valence-electron chi connectivity index (χ0n) is 15.1. The maximum Gasteiger partial charge on any atom is 0.255 e. The molecule has 0 saturated carbocycles. The summed E-state index contributed by atoms with van der Waals surface area (Å²) in [5, 5.41) is 4.19. The number of likely N-dealkylation sites (tertiary alicyclic amines) is 1. The summed E-state index contributed by atoms with van der Waals surface area (Å²) in [5.41, 5.74) is 3.60. The van der Waals surface area contributed by atoms with Crippen molar-refractivity contribution in [1.29, 1.82) is 0 Å². The van der Waals surface area contributed by atoms with Gasteiger partial charge in [0, 0.05) is 26.3 Å². The molecule has 6 nitrogen and oxygen atoms in total. The number of carbonyl (C=O) groups is 1. The molecule has 1 fully saturated rings. The van der Waals surface area contributed by atoms with Crippen molar-refractivity contribution < 1.29 is 9.53 Å². The van der Waals surface area contributed by atoms with Crippen molar-refractivity contribution in [1.82, 2.24) is 19.7 Å². The zero-order chi connectivity index (χ0) is 18.1. The number of aromatic nitrogens is 3. The number of pyridine rings is 1. The molecule has 4 rings (SSSR count). The van der Waals surface area contributed by atoms with E-state index >= 15 is 0 Å². The monoisotopic (exact) mass is 350 g/mol. The first-order valence-corrected chi connectivity index (χ1v) is 8.84. The summed E-state index contributed by atoms with van der Waals surface area (Å²) in [6.07, 6.45) is 5.37. The minimum atomic E-state index is 0.0535. The Kier molecular flexibility index (Phi) is 4.32. The highest BCUT2D eigenvalue weighted by atomic mass is 16.5. The largest absolute Gasteiger partial charge is 0.497 e. The lowest BCUT2D eigenvalue weighted by molar-refractivity contribution is 0.0787. The van der Waals surface area contributed by atoms with E-state index in [-0.39, 0.29) is 5.91 Å². The van der Waals surface area contributed by atoms with Gasteiger partial charge in [0.05, 0.1) is 24.4 Å². The van der Waals surface area contributed by atoms with E-state index < -0.39 is 0 Å². The highest BCUT2D eigenvalue weighted by Gasteiger charge is 2.27. The number of carbonyl (C=O) groups excluding carboxylic acids is 1. The van der Waals surface area contributed by atoms with Crippen molar-refractivity contribution >= 4 is 16.9 Å². The van der Waals surface area contributed by atoms with Crippen molar-refractivity contribution in [2.75, 3.05) is 20.2 Å². The molecule has 3 aromatic rings. The van der Waals surface area contributed by atoms with Crippen LogP contribution in [0.5, 0.6) is 5.75 Å². The minimum absolute atomic E-state index is 0.0535. The number of ether oxygens (including phenoxy) is 1. The molecular formula is C20H22N4O2. The third kappa shape index (κ3) is 3.14. The molecule has 1 atom stereocenters. The third-order valence-electron chi connectivity index (χ3n) is 5.10. The molecule has 6 heteroatoms. The number of benzene rings is 1. The molecule has 2 aromatic heterocycles. The maximum absolute atomic E-state index is 12.8. The summed E-state index contributed by atoms with van der Waals surface area (Å²) < 4.78 is 6.95. The van der Waals surface area contributed by atoms with Crippen molar-refractivity contribution in [3.8, 4) is 5.75 Å². The Morgan fingerprint density at radius 2 is 2.08 bits per heavy atom. The molecule has 0 N–H and O–H groups in total. The van der Waals surface area contributed by atoms with Crippen LogP contribution in [0.15, 0.2) is 42.7 Å². The number of rotatable bonds is 4. The topological polar surface area (TPSA) is 60.2 Å². The van der Waals surface area contributed by atoms with E-state index in [0.29, 0.717) is 11.5 Å². The lowest BCUT2D eigenvalue weighted by Crippen LogP contribution is -2.29. The number of fused-ring (bicyclic) bond motifs is 1. The number of nitrogens with zero attached hydrogens (tertiary/aromatic N) is 4. The molecule has 0 spiro atoms. The summed E-state index contributed by atoms with van der Waals surface area (Å²) in [4.78, 5) is 19.1. The molecule has 134 valence electrons. The first kappa shape index (κ1) is 16.6. The van der Waals surface area contributed by atoms with Crippen LogP contribution in [0.25, 0.3) is 11.0 Å². The van der Waals surface area contributed by atoms with Crippen LogP contribution in [0.1, 0.15) is 22.3 Å². The molecule has 3 heterocycles. The van der Waals surface area contributed by atoms with Crippen LogP contribution >= 0.6 is 0 Å². The fraction of sp³-hybridized carbons (Fsp3) is 0.350. The Labute approximate surface area is 152 Å². The fourth-order valence-electron chi connectivity index (χ4n) is 3.60. The maximum atomic E-state index is 12.8. The van der Waals surface area contributed by atoms with Gasteiger partial charge in [-0.15, -0.1) is 0 Å². The summed E-state index contributed by atoms with van der Waals surface area (Å²) in [5.74, 6) is 1.41. The Morgan fingerprint density at radius 3 is 2.85 bits per heavy atom. The molecule has 1 aliphatic rings. The quantitative estimate of drug-likeness (QED) is 0.726. The van der Waals surface area contributed by atoms with E-state index in [4.69, 9.17) is 4.74 Å². The number of aryl methyl sites for hydroxylation is 1. The average Bonchev–Trinajstić information content (AvgIpc) is 3.28.